The Hall–Kier alpha value is -1.12. The summed E-state index contributed by atoms with van der Waals surface area (Å²) in [5.74, 6) is 0. The van der Waals surface area contributed by atoms with Gasteiger partial charge in [-0.15, -0.1) is 0 Å². The van der Waals surface area contributed by atoms with Crippen molar-refractivity contribution in [2.24, 2.45) is 0 Å². The molecule has 0 amide bonds. The molecule has 0 aliphatic heterocycles. The van der Waals surface area contributed by atoms with Crippen LogP contribution in [0.25, 0.3) is 0 Å². The molecule has 0 aliphatic carbocycles. The van der Waals surface area contributed by atoms with Crippen LogP contribution in [0.1, 0.15) is 0 Å². The molecule has 0 saturated heterocycles. The van der Waals surface area contributed by atoms with E-state index in [1.807, 2.05) is 0 Å². The molecule has 0 bridgehead atoms. The van der Waals surface area contributed by atoms with Gasteiger partial charge in [0.25, 0.3) is 0 Å². The zero-order valence-corrected chi connectivity index (χ0v) is 12.4. The largest absolute Gasteiger partial charge is 0.499 e. The fourth-order valence-corrected chi connectivity index (χ4v) is 1.35. The van der Waals surface area contributed by atoms with E-state index in [2.05, 4.69) is 18.5 Å². The van der Waals surface area contributed by atoms with Crippen LogP contribution in [0.4, 0.5) is 0 Å². The van der Waals surface area contributed by atoms with E-state index >= 15 is 0 Å². The first-order valence-electron chi connectivity index (χ1n) is 6.88. The lowest BCUT2D eigenvalue weighted by molar-refractivity contribution is 0.00889. The number of aliphatic hydroxyl groups is 2. The highest BCUT2D eigenvalue weighted by atomic mass is 16.5. The van der Waals surface area contributed by atoms with Crippen LogP contribution in [-0.4, -0.2) is 75.2 Å². The minimum absolute atomic E-state index is 0.207. The third-order valence-corrected chi connectivity index (χ3v) is 2.31. The lowest BCUT2D eigenvalue weighted by atomic mass is 10.3. The molecule has 0 aromatic heterocycles. The van der Waals surface area contributed by atoms with Crippen molar-refractivity contribution in [1.82, 2.24) is 5.32 Å². The van der Waals surface area contributed by atoms with Crippen molar-refractivity contribution in [2.45, 2.75) is 12.2 Å². The standard InChI is InChI=1S/C14H27NO6/c1-3-18-5-7-20-11-13(16)9-15-10-14(17)12-21-8-6-19-4-2/h3-4,13-17H,1-2,5-12H2. The molecule has 0 fully saturated rings. The molecule has 0 aromatic rings. The van der Waals surface area contributed by atoms with Gasteiger partial charge >= 0.3 is 0 Å². The van der Waals surface area contributed by atoms with Crippen LogP contribution in [0.5, 0.6) is 0 Å². The van der Waals surface area contributed by atoms with E-state index in [0.29, 0.717) is 39.5 Å². The molecular formula is C14H27NO6. The van der Waals surface area contributed by atoms with Crippen LogP contribution < -0.4 is 5.32 Å². The van der Waals surface area contributed by atoms with Gasteiger partial charge in [0, 0.05) is 13.1 Å². The summed E-state index contributed by atoms with van der Waals surface area (Å²) in [7, 11) is 0. The summed E-state index contributed by atoms with van der Waals surface area (Å²) in [6.45, 7) is 9.50. The maximum absolute atomic E-state index is 9.60. The summed E-state index contributed by atoms with van der Waals surface area (Å²) in [5, 5.41) is 22.1. The third-order valence-electron chi connectivity index (χ3n) is 2.31. The van der Waals surface area contributed by atoms with Gasteiger partial charge in [-0.1, -0.05) is 13.2 Å². The molecule has 2 unspecified atom stereocenters. The fourth-order valence-electron chi connectivity index (χ4n) is 1.35. The lowest BCUT2D eigenvalue weighted by Gasteiger charge is -2.15. The van der Waals surface area contributed by atoms with Gasteiger partial charge in [0.15, 0.2) is 0 Å². The van der Waals surface area contributed by atoms with Gasteiger partial charge in [0.05, 0.1) is 51.2 Å². The van der Waals surface area contributed by atoms with E-state index in [0.717, 1.165) is 0 Å². The Kier molecular flexibility index (Phi) is 14.5. The van der Waals surface area contributed by atoms with Crippen LogP contribution in [-0.2, 0) is 18.9 Å². The lowest BCUT2D eigenvalue weighted by Crippen LogP contribution is -2.37. The highest BCUT2D eigenvalue weighted by Crippen LogP contribution is 1.88. The van der Waals surface area contributed by atoms with Gasteiger partial charge in [-0.2, -0.15) is 0 Å². The van der Waals surface area contributed by atoms with Crippen molar-refractivity contribution in [3.63, 3.8) is 0 Å². The summed E-state index contributed by atoms with van der Waals surface area (Å²) >= 11 is 0. The van der Waals surface area contributed by atoms with Gasteiger partial charge < -0.3 is 34.5 Å². The Morgan fingerprint density at radius 3 is 1.62 bits per heavy atom. The van der Waals surface area contributed by atoms with Crippen LogP contribution in [0.2, 0.25) is 0 Å². The molecule has 21 heavy (non-hydrogen) atoms. The van der Waals surface area contributed by atoms with Crippen molar-refractivity contribution in [3.8, 4) is 0 Å². The summed E-state index contributed by atoms with van der Waals surface area (Å²) in [4.78, 5) is 0. The molecule has 0 rings (SSSR count). The number of ether oxygens (including phenoxy) is 4. The smallest absolute Gasteiger partial charge is 0.111 e. The Morgan fingerprint density at radius 1 is 0.810 bits per heavy atom. The van der Waals surface area contributed by atoms with E-state index in [1.165, 1.54) is 12.5 Å². The van der Waals surface area contributed by atoms with Crippen LogP contribution in [0, 0.1) is 0 Å². The maximum atomic E-state index is 9.60. The molecule has 3 N–H and O–H groups in total. The Balaban J connectivity index is 3.33. The number of nitrogens with one attached hydrogen (secondary N) is 1. The molecular weight excluding hydrogens is 278 g/mol. The first-order chi connectivity index (χ1) is 10.2. The average Bonchev–Trinajstić information content (AvgIpc) is 2.47. The second-order valence-electron chi connectivity index (χ2n) is 4.19. The molecule has 0 aromatic carbocycles. The van der Waals surface area contributed by atoms with Gasteiger partial charge in [-0.25, -0.2) is 0 Å². The van der Waals surface area contributed by atoms with Gasteiger partial charge in [-0.3, -0.25) is 0 Å². The SMILES string of the molecule is C=COCCOCC(O)CNCC(O)COCCOC=C. The first-order valence-corrected chi connectivity index (χ1v) is 6.88. The monoisotopic (exact) mass is 305 g/mol. The van der Waals surface area contributed by atoms with Crippen molar-refractivity contribution in [2.75, 3.05) is 52.7 Å². The summed E-state index contributed by atoms with van der Waals surface area (Å²) in [6.07, 6.45) is 1.41. The fraction of sp³-hybridized carbons (Fsp3) is 0.714. The highest BCUT2D eigenvalue weighted by molar-refractivity contribution is 4.63. The van der Waals surface area contributed by atoms with Crippen molar-refractivity contribution in [3.05, 3.63) is 25.7 Å². The van der Waals surface area contributed by atoms with Gasteiger partial charge in [-0.05, 0) is 0 Å². The third kappa shape index (κ3) is 15.1. The van der Waals surface area contributed by atoms with Crippen molar-refractivity contribution >= 4 is 0 Å². The minimum Gasteiger partial charge on any atom is -0.499 e. The van der Waals surface area contributed by atoms with Gasteiger partial charge in [0.2, 0.25) is 0 Å². The van der Waals surface area contributed by atoms with E-state index in [1.54, 1.807) is 0 Å². The molecule has 0 aliphatic rings. The van der Waals surface area contributed by atoms with Crippen LogP contribution >= 0.6 is 0 Å². The molecule has 124 valence electrons. The Morgan fingerprint density at radius 2 is 1.24 bits per heavy atom. The zero-order valence-electron chi connectivity index (χ0n) is 12.4. The van der Waals surface area contributed by atoms with Crippen LogP contribution in [0.3, 0.4) is 0 Å². The van der Waals surface area contributed by atoms with Crippen molar-refractivity contribution in [1.29, 1.82) is 0 Å². The Bertz CT molecular complexity index is 228. The molecule has 0 spiro atoms. The molecule has 0 heterocycles. The predicted octanol–water partition coefficient (Wildman–Crippen LogP) is -0.349. The summed E-state index contributed by atoms with van der Waals surface area (Å²) in [5.41, 5.74) is 0. The average molecular weight is 305 g/mol. The van der Waals surface area contributed by atoms with Gasteiger partial charge in [0.1, 0.15) is 13.2 Å². The zero-order chi connectivity index (χ0) is 15.8. The second-order valence-corrected chi connectivity index (χ2v) is 4.19. The molecule has 2 atom stereocenters. The Labute approximate surface area is 126 Å². The first kappa shape index (κ1) is 19.9. The molecule has 7 heteroatoms. The summed E-state index contributed by atoms with van der Waals surface area (Å²) < 4.78 is 20.1. The quantitative estimate of drug-likeness (QED) is 0.265. The normalized spacial score (nSPS) is 13.4. The maximum Gasteiger partial charge on any atom is 0.111 e. The number of hydrogen-bond acceptors (Lipinski definition) is 7. The second kappa shape index (κ2) is 15.3. The minimum atomic E-state index is -0.636. The number of rotatable bonds is 16. The van der Waals surface area contributed by atoms with E-state index in [4.69, 9.17) is 18.9 Å². The van der Waals surface area contributed by atoms with E-state index in [-0.39, 0.29) is 13.2 Å². The number of hydrogen-bond donors (Lipinski definition) is 3. The molecule has 0 saturated carbocycles. The number of aliphatic hydroxyl groups excluding tert-OH is 2. The van der Waals surface area contributed by atoms with Crippen molar-refractivity contribution < 1.29 is 29.2 Å². The summed E-state index contributed by atoms with van der Waals surface area (Å²) in [6, 6.07) is 0. The molecule has 0 radical (unpaired) electrons. The van der Waals surface area contributed by atoms with E-state index in [9.17, 15) is 10.2 Å². The van der Waals surface area contributed by atoms with Crippen LogP contribution in [0.15, 0.2) is 25.7 Å². The topological polar surface area (TPSA) is 89.4 Å². The van der Waals surface area contributed by atoms with E-state index < -0.39 is 12.2 Å². The molecule has 7 nitrogen and oxygen atoms in total. The highest BCUT2D eigenvalue weighted by Gasteiger charge is 2.07. The predicted molar refractivity (Wildman–Crippen MR) is 78.8 cm³/mol.